The molecule has 0 aliphatic carbocycles. The van der Waals surface area contributed by atoms with E-state index < -0.39 is 5.97 Å². The number of carbonyl (C=O) groups excluding carboxylic acids is 1. The SMILES string of the molecule is COCCOCCCNc1nccc(C(=O)OC)c1N. The van der Waals surface area contributed by atoms with E-state index in [0.29, 0.717) is 43.4 Å². The molecule has 0 aromatic carbocycles. The molecular weight excluding hydrogens is 262 g/mol. The van der Waals surface area contributed by atoms with Crippen LogP contribution >= 0.6 is 0 Å². The Hall–Kier alpha value is -1.86. The van der Waals surface area contributed by atoms with Crippen molar-refractivity contribution in [3.8, 4) is 0 Å². The minimum Gasteiger partial charge on any atom is -0.465 e. The second-order valence-corrected chi connectivity index (χ2v) is 4.00. The molecule has 0 aliphatic heterocycles. The predicted molar refractivity (Wildman–Crippen MR) is 75.8 cm³/mol. The smallest absolute Gasteiger partial charge is 0.340 e. The van der Waals surface area contributed by atoms with E-state index in [-0.39, 0.29) is 0 Å². The summed E-state index contributed by atoms with van der Waals surface area (Å²) in [5.41, 5.74) is 6.46. The first kappa shape index (κ1) is 16.2. The minimum absolute atomic E-state index is 0.291. The molecule has 0 radical (unpaired) electrons. The molecule has 112 valence electrons. The number of nitrogens with one attached hydrogen (secondary N) is 1. The van der Waals surface area contributed by atoms with E-state index in [2.05, 4.69) is 15.0 Å². The maximum Gasteiger partial charge on any atom is 0.340 e. The van der Waals surface area contributed by atoms with Crippen LogP contribution in [0.3, 0.4) is 0 Å². The number of pyridine rings is 1. The number of nitrogens with zero attached hydrogens (tertiary/aromatic N) is 1. The molecule has 0 bridgehead atoms. The maximum absolute atomic E-state index is 11.5. The lowest BCUT2D eigenvalue weighted by Crippen LogP contribution is -2.13. The lowest BCUT2D eigenvalue weighted by atomic mass is 10.2. The Labute approximate surface area is 118 Å². The molecule has 0 aliphatic rings. The first-order chi connectivity index (χ1) is 9.70. The first-order valence-electron chi connectivity index (χ1n) is 6.34. The molecule has 1 aromatic rings. The van der Waals surface area contributed by atoms with Crippen LogP contribution in [0.15, 0.2) is 12.3 Å². The zero-order chi connectivity index (χ0) is 14.8. The third kappa shape index (κ3) is 5.02. The zero-order valence-corrected chi connectivity index (χ0v) is 11.8. The van der Waals surface area contributed by atoms with Gasteiger partial charge in [0.25, 0.3) is 0 Å². The quantitative estimate of drug-likeness (QED) is 0.514. The second-order valence-electron chi connectivity index (χ2n) is 4.00. The molecule has 0 atom stereocenters. The zero-order valence-electron chi connectivity index (χ0n) is 11.8. The van der Waals surface area contributed by atoms with Gasteiger partial charge in [-0.3, -0.25) is 0 Å². The van der Waals surface area contributed by atoms with E-state index >= 15 is 0 Å². The lowest BCUT2D eigenvalue weighted by Gasteiger charge is -2.10. The summed E-state index contributed by atoms with van der Waals surface area (Å²) >= 11 is 0. The standard InChI is InChI=1S/C13H21N3O4/c1-18-8-9-20-7-3-5-15-12-11(14)10(4-6-16-12)13(17)19-2/h4,6H,3,5,7-9,14H2,1-2H3,(H,15,16). The highest BCUT2D eigenvalue weighted by Crippen LogP contribution is 2.20. The average molecular weight is 283 g/mol. The molecule has 3 N–H and O–H groups in total. The second kappa shape index (κ2) is 9.11. The van der Waals surface area contributed by atoms with Crippen molar-refractivity contribution in [2.24, 2.45) is 0 Å². The van der Waals surface area contributed by atoms with E-state index in [1.165, 1.54) is 19.4 Å². The van der Waals surface area contributed by atoms with Gasteiger partial charge in [0.05, 0.1) is 31.6 Å². The summed E-state index contributed by atoms with van der Waals surface area (Å²) < 4.78 is 14.8. The lowest BCUT2D eigenvalue weighted by molar-refractivity contribution is 0.0602. The van der Waals surface area contributed by atoms with Gasteiger partial charge >= 0.3 is 5.97 Å². The van der Waals surface area contributed by atoms with E-state index in [1.807, 2.05) is 0 Å². The van der Waals surface area contributed by atoms with Gasteiger partial charge in [-0.25, -0.2) is 9.78 Å². The third-order valence-electron chi connectivity index (χ3n) is 2.59. The van der Waals surface area contributed by atoms with Gasteiger partial charge in [0.15, 0.2) is 0 Å². The summed E-state index contributed by atoms with van der Waals surface area (Å²) in [6.07, 6.45) is 2.31. The van der Waals surface area contributed by atoms with Crippen molar-refractivity contribution in [1.29, 1.82) is 0 Å². The van der Waals surface area contributed by atoms with Crippen molar-refractivity contribution in [3.63, 3.8) is 0 Å². The number of nitrogens with two attached hydrogens (primary N) is 1. The molecule has 20 heavy (non-hydrogen) atoms. The number of anilines is 2. The number of ether oxygens (including phenoxy) is 3. The summed E-state index contributed by atoms with van der Waals surface area (Å²) in [7, 11) is 2.94. The normalized spacial score (nSPS) is 10.3. The average Bonchev–Trinajstić information content (AvgIpc) is 2.47. The van der Waals surface area contributed by atoms with Crippen LogP contribution in [-0.2, 0) is 14.2 Å². The van der Waals surface area contributed by atoms with E-state index in [9.17, 15) is 4.79 Å². The summed E-state index contributed by atoms with van der Waals surface area (Å²) in [5, 5.41) is 3.07. The number of hydrogen-bond donors (Lipinski definition) is 2. The fourth-order valence-corrected chi connectivity index (χ4v) is 1.53. The largest absolute Gasteiger partial charge is 0.465 e. The van der Waals surface area contributed by atoms with Gasteiger partial charge in [-0.1, -0.05) is 0 Å². The number of aromatic nitrogens is 1. The van der Waals surface area contributed by atoms with Crippen molar-refractivity contribution >= 4 is 17.5 Å². The minimum atomic E-state index is -0.476. The molecular formula is C13H21N3O4. The summed E-state index contributed by atoms with van der Waals surface area (Å²) in [5.74, 6) is 0.000593. The van der Waals surface area contributed by atoms with Gasteiger partial charge in [-0.2, -0.15) is 0 Å². The summed E-state index contributed by atoms with van der Waals surface area (Å²) in [4.78, 5) is 15.6. The van der Waals surface area contributed by atoms with E-state index in [1.54, 1.807) is 7.11 Å². The Kier molecular flexibility index (Phi) is 7.38. The predicted octanol–water partition coefficient (Wildman–Crippen LogP) is 0.915. The van der Waals surface area contributed by atoms with Gasteiger partial charge in [0.2, 0.25) is 0 Å². The van der Waals surface area contributed by atoms with Crippen LogP contribution in [0.2, 0.25) is 0 Å². The van der Waals surface area contributed by atoms with Gasteiger partial charge in [-0.05, 0) is 12.5 Å². The first-order valence-corrected chi connectivity index (χ1v) is 6.34. The van der Waals surface area contributed by atoms with Crippen molar-refractivity contribution in [1.82, 2.24) is 4.98 Å². The molecule has 0 amide bonds. The molecule has 0 fully saturated rings. The van der Waals surface area contributed by atoms with E-state index in [0.717, 1.165) is 6.42 Å². The monoisotopic (exact) mass is 283 g/mol. The summed E-state index contributed by atoms with van der Waals surface area (Å²) in [6.45, 7) is 2.43. The number of carbonyl (C=O) groups is 1. The van der Waals surface area contributed by atoms with Crippen molar-refractivity contribution < 1.29 is 19.0 Å². The van der Waals surface area contributed by atoms with Crippen LogP contribution in [0.25, 0.3) is 0 Å². The van der Waals surface area contributed by atoms with Crippen molar-refractivity contribution in [2.75, 3.05) is 51.6 Å². The van der Waals surface area contributed by atoms with Gasteiger partial charge in [-0.15, -0.1) is 0 Å². The molecule has 1 rings (SSSR count). The van der Waals surface area contributed by atoms with Crippen LogP contribution in [0.5, 0.6) is 0 Å². The fraction of sp³-hybridized carbons (Fsp3) is 0.538. The fourth-order valence-electron chi connectivity index (χ4n) is 1.53. The van der Waals surface area contributed by atoms with Crippen LogP contribution in [0.4, 0.5) is 11.5 Å². The van der Waals surface area contributed by atoms with Crippen molar-refractivity contribution in [2.45, 2.75) is 6.42 Å². The summed E-state index contributed by atoms with van der Waals surface area (Å²) in [6, 6.07) is 1.53. The number of nitrogen functional groups attached to an aromatic ring is 1. The Morgan fingerprint density at radius 2 is 2.15 bits per heavy atom. The van der Waals surface area contributed by atoms with Gasteiger partial charge in [0, 0.05) is 26.5 Å². The Morgan fingerprint density at radius 3 is 2.85 bits per heavy atom. The highest BCUT2D eigenvalue weighted by Gasteiger charge is 2.13. The third-order valence-corrected chi connectivity index (χ3v) is 2.59. The molecule has 0 unspecified atom stereocenters. The highest BCUT2D eigenvalue weighted by molar-refractivity contribution is 5.97. The van der Waals surface area contributed by atoms with Crippen molar-refractivity contribution in [3.05, 3.63) is 17.8 Å². The molecule has 0 spiro atoms. The molecule has 0 saturated heterocycles. The number of hydrogen-bond acceptors (Lipinski definition) is 7. The van der Waals surface area contributed by atoms with Gasteiger partial charge in [0.1, 0.15) is 5.82 Å². The highest BCUT2D eigenvalue weighted by atomic mass is 16.5. The van der Waals surface area contributed by atoms with E-state index in [4.69, 9.17) is 15.2 Å². The number of rotatable bonds is 9. The Balaban J connectivity index is 2.39. The Morgan fingerprint density at radius 1 is 1.35 bits per heavy atom. The topological polar surface area (TPSA) is 95.7 Å². The maximum atomic E-state index is 11.5. The van der Waals surface area contributed by atoms with Crippen LogP contribution in [0.1, 0.15) is 16.8 Å². The molecule has 7 heteroatoms. The van der Waals surface area contributed by atoms with Crippen LogP contribution < -0.4 is 11.1 Å². The number of esters is 1. The van der Waals surface area contributed by atoms with Crippen LogP contribution in [-0.4, -0.2) is 51.5 Å². The molecule has 0 saturated carbocycles. The molecule has 1 aromatic heterocycles. The van der Waals surface area contributed by atoms with Crippen LogP contribution in [0, 0.1) is 0 Å². The molecule has 7 nitrogen and oxygen atoms in total. The number of methoxy groups -OCH3 is 2. The Bertz CT molecular complexity index is 426. The van der Waals surface area contributed by atoms with Gasteiger partial charge < -0.3 is 25.3 Å². The molecule has 1 heterocycles.